The van der Waals surface area contributed by atoms with Crippen LogP contribution >= 0.6 is 0 Å². The van der Waals surface area contributed by atoms with E-state index in [4.69, 9.17) is 4.74 Å². The van der Waals surface area contributed by atoms with Crippen molar-refractivity contribution < 1.29 is 23.9 Å². The minimum atomic E-state index is -1.85. The monoisotopic (exact) mass is 435 g/mol. The summed E-state index contributed by atoms with van der Waals surface area (Å²) in [5.74, 6) is -0.747. The van der Waals surface area contributed by atoms with Gasteiger partial charge in [-0.3, -0.25) is 4.79 Å². The van der Waals surface area contributed by atoms with Gasteiger partial charge in [-0.15, -0.1) is 0 Å². The topological polar surface area (TPSA) is 92.2 Å². The fraction of sp³-hybridized carbons (Fsp3) is 0.550. The summed E-state index contributed by atoms with van der Waals surface area (Å²) >= 11 is 0. The molecule has 0 saturated heterocycles. The molecule has 29 heavy (non-hydrogen) atoms. The zero-order chi connectivity index (χ0) is 22.4. The van der Waals surface area contributed by atoms with Crippen LogP contribution in [0.15, 0.2) is 24.3 Å². The molecule has 1 rings (SSSR count). The van der Waals surface area contributed by atoms with Gasteiger partial charge in [-0.1, -0.05) is 51.4 Å². The van der Waals surface area contributed by atoms with Gasteiger partial charge < -0.3 is 19.9 Å². The van der Waals surface area contributed by atoms with Crippen LogP contribution < -0.4 is 4.74 Å². The first kappa shape index (κ1) is 24.8. The molecule has 1 amide bonds. The quantitative estimate of drug-likeness (QED) is 0.149. The number of nitrogens with zero attached hydrogens (tertiary/aromatic N) is 3. The van der Waals surface area contributed by atoms with Crippen LogP contribution in [-0.2, 0) is 20.7 Å². The Hall–Kier alpha value is -2.23. The Morgan fingerprint density at radius 3 is 1.93 bits per heavy atom. The molecular formula is C20H33N3O4Si2. The van der Waals surface area contributed by atoms with Crippen LogP contribution in [0.3, 0.4) is 0 Å². The highest BCUT2D eigenvalue weighted by Gasteiger charge is 2.47. The summed E-state index contributed by atoms with van der Waals surface area (Å²) in [7, 11) is -0.913. The number of benzene rings is 1. The highest BCUT2D eigenvalue weighted by molar-refractivity contribution is 6.96. The van der Waals surface area contributed by atoms with Crippen LogP contribution in [0.1, 0.15) is 5.56 Å². The van der Waals surface area contributed by atoms with Gasteiger partial charge in [0, 0.05) is 11.8 Å². The summed E-state index contributed by atoms with van der Waals surface area (Å²) in [6.07, 6.45) is 0.612. The van der Waals surface area contributed by atoms with Crippen LogP contribution in [0.25, 0.3) is 5.53 Å². The van der Waals surface area contributed by atoms with E-state index < -0.39 is 33.7 Å². The van der Waals surface area contributed by atoms with E-state index in [2.05, 4.69) is 48.8 Å². The predicted octanol–water partition coefficient (Wildman–Crippen LogP) is 3.03. The second kappa shape index (κ2) is 10.00. The molecule has 9 heteroatoms. The lowest BCUT2D eigenvalue weighted by Crippen LogP contribution is -2.66. The average molecular weight is 436 g/mol. The van der Waals surface area contributed by atoms with Gasteiger partial charge >= 0.3 is 17.6 Å². The molecule has 0 aliphatic heterocycles. The Morgan fingerprint density at radius 2 is 1.55 bits per heavy atom. The van der Waals surface area contributed by atoms with Crippen molar-refractivity contribution >= 4 is 33.7 Å². The zero-order valence-corrected chi connectivity index (χ0v) is 20.8. The number of esters is 1. The summed E-state index contributed by atoms with van der Waals surface area (Å²) in [5, 5.41) is 0.0437. The molecule has 160 valence electrons. The van der Waals surface area contributed by atoms with Crippen LogP contribution in [0.4, 0.5) is 0 Å². The van der Waals surface area contributed by atoms with Gasteiger partial charge in [0.15, 0.2) is 0 Å². The van der Waals surface area contributed by atoms with Crippen molar-refractivity contribution in [2.45, 2.75) is 51.0 Å². The molecule has 0 heterocycles. The average Bonchev–Trinajstić information content (AvgIpc) is 2.63. The van der Waals surface area contributed by atoms with Crippen LogP contribution in [0.5, 0.6) is 5.75 Å². The van der Waals surface area contributed by atoms with Gasteiger partial charge in [-0.25, -0.2) is 4.79 Å². The summed E-state index contributed by atoms with van der Waals surface area (Å²) in [6, 6.07) is 7.68. The number of amides is 1. The number of carbonyl (C=O) groups excluding carboxylic acids is 2. The molecule has 0 unspecified atom stereocenters. The maximum atomic E-state index is 13.3. The van der Waals surface area contributed by atoms with E-state index in [0.29, 0.717) is 13.0 Å². The third kappa shape index (κ3) is 6.66. The van der Waals surface area contributed by atoms with Gasteiger partial charge in [0.05, 0.1) is 30.4 Å². The standard InChI is InChI=1S/C20H33N3O4Si2/c1-26-16-11-9-15(10-12-16)13-14-23(18(24)17(22-21)19(25)27-2)20(28(3,4)5)29(6,7)8/h9-12,20H,13-14H2,1-8H3. The van der Waals surface area contributed by atoms with E-state index in [1.807, 2.05) is 24.3 Å². The molecular weight excluding hydrogens is 402 g/mol. The molecule has 0 atom stereocenters. The molecule has 0 aliphatic rings. The fourth-order valence-corrected chi connectivity index (χ4v) is 16.8. The first-order valence-electron chi connectivity index (χ1n) is 9.61. The Balaban J connectivity index is 3.33. The van der Waals surface area contributed by atoms with Crippen molar-refractivity contribution in [3.05, 3.63) is 35.4 Å². The first-order valence-corrected chi connectivity index (χ1v) is 16.8. The van der Waals surface area contributed by atoms with E-state index in [1.165, 1.54) is 0 Å². The van der Waals surface area contributed by atoms with E-state index in [-0.39, 0.29) is 5.29 Å². The van der Waals surface area contributed by atoms with Crippen molar-refractivity contribution in [1.82, 2.24) is 4.90 Å². The van der Waals surface area contributed by atoms with Crippen molar-refractivity contribution in [1.29, 1.82) is 0 Å². The zero-order valence-electron chi connectivity index (χ0n) is 18.8. The van der Waals surface area contributed by atoms with Crippen LogP contribution in [-0.4, -0.2) is 69.5 Å². The molecule has 0 bridgehead atoms. The Labute approximate surface area is 175 Å². The number of hydrogen-bond acceptors (Lipinski definition) is 4. The van der Waals surface area contributed by atoms with Gasteiger partial charge in [-0.2, -0.15) is 4.79 Å². The van der Waals surface area contributed by atoms with Gasteiger partial charge in [0.1, 0.15) is 5.75 Å². The summed E-state index contributed by atoms with van der Waals surface area (Å²) < 4.78 is 9.84. The number of methoxy groups -OCH3 is 2. The summed E-state index contributed by atoms with van der Waals surface area (Å²) in [4.78, 5) is 30.0. The second-order valence-corrected chi connectivity index (χ2v) is 20.3. The normalized spacial score (nSPS) is 11.6. The van der Waals surface area contributed by atoms with Gasteiger partial charge in [0.2, 0.25) is 0 Å². The molecule has 7 nitrogen and oxygen atoms in total. The smallest absolute Gasteiger partial charge is 0.463 e. The highest BCUT2D eigenvalue weighted by Crippen LogP contribution is 2.26. The van der Waals surface area contributed by atoms with E-state index >= 15 is 0 Å². The molecule has 0 radical (unpaired) electrons. The predicted molar refractivity (Wildman–Crippen MR) is 120 cm³/mol. The number of hydrogen-bond donors (Lipinski definition) is 0. The Kier molecular flexibility index (Phi) is 8.55. The fourth-order valence-electron chi connectivity index (χ4n) is 4.03. The number of ether oxygens (including phenoxy) is 2. The Morgan fingerprint density at radius 1 is 1.03 bits per heavy atom. The molecule has 0 aliphatic carbocycles. The summed E-state index contributed by atoms with van der Waals surface area (Å²) in [5.41, 5.74) is 9.80. The SMILES string of the molecule is COC(=O)C(=[N+]=[N-])C(=O)N(CCc1ccc(OC)cc1)C([Si](C)(C)C)[Si](C)(C)C. The maximum Gasteiger partial charge on any atom is 0.463 e. The maximum absolute atomic E-state index is 13.3. The van der Waals surface area contributed by atoms with Gasteiger partial charge in [0.25, 0.3) is 0 Å². The minimum absolute atomic E-state index is 0.0437. The molecule has 0 fully saturated rings. The summed E-state index contributed by atoms with van der Waals surface area (Å²) in [6.45, 7) is 13.7. The van der Waals surface area contributed by atoms with Crippen molar-refractivity contribution in [3.8, 4) is 5.75 Å². The highest BCUT2D eigenvalue weighted by atomic mass is 28.4. The number of carbonyl (C=O) groups is 2. The first-order chi connectivity index (χ1) is 13.4. The van der Waals surface area contributed by atoms with Crippen LogP contribution in [0.2, 0.25) is 39.3 Å². The molecule has 0 saturated carbocycles. The van der Waals surface area contributed by atoms with Crippen molar-refractivity contribution in [2.24, 2.45) is 0 Å². The van der Waals surface area contributed by atoms with Gasteiger partial charge in [-0.05, 0) is 24.1 Å². The Bertz CT molecular complexity index is 762. The van der Waals surface area contributed by atoms with E-state index in [1.54, 1.807) is 12.0 Å². The molecule has 0 spiro atoms. The van der Waals surface area contributed by atoms with Crippen molar-refractivity contribution in [3.63, 3.8) is 0 Å². The van der Waals surface area contributed by atoms with E-state index in [9.17, 15) is 15.1 Å². The van der Waals surface area contributed by atoms with Crippen LogP contribution in [0, 0.1) is 0 Å². The molecule has 0 aromatic heterocycles. The largest absolute Gasteiger partial charge is 0.497 e. The molecule has 1 aromatic carbocycles. The third-order valence-electron chi connectivity index (χ3n) is 4.69. The lowest BCUT2D eigenvalue weighted by atomic mass is 10.1. The lowest BCUT2D eigenvalue weighted by molar-refractivity contribution is -0.142. The second-order valence-electron chi connectivity index (χ2n) is 9.17. The third-order valence-corrected chi connectivity index (χ3v) is 13.8. The van der Waals surface area contributed by atoms with Crippen molar-refractivity contribution in [2.75, 3.05) is 20.8 Å². The minimum Gasteiger partial charge on any atom is -0.497 e. The van der Waals surface area contributed by atoms with E-state index in [0.717, 1.165) is 18.4 Å². The molecule has 0 N–H and O–H groups in total. The molecule has 1 aromatic rings. The lowest BCUT2D eigenvalue weighted by Gasteiger charge is -2.45. The number of rotatable bonds is 9.